The maximum Gasteiger partial charge on any atom is 0.262 e. The van der Waals surface area contributed by atoms with Crippen LogP contribution in [0.4, 0.5) is 11.4 Å². The molecule has 2 N–H and O–H groups in total. The fourth-order valence-electron chi connectivity index (χ4n) is 6.47. The summed E-state index contributed by atoms with van der Waals surface area (Å²) in [6, 6.07) is 29.5. The number of benzene rings is 3. The van der Waals surface area contributed by atoms with Crippen LogP contribution in [-0.2, 0) is 4.79 Å². The highest BCUT2D eigenvalue weighted by Gasteiger charge is 2.42. The molecule has 5 aromatic rings. The minimum atomic E-state index is -0.229. The summed E-state index contributed by atoms with van der Waals surface area (Å²) in [7, 11) is 0. The molecule has 1 fully saturated rings. The van der Waals surface area contributed by atoms with Crippen molar-refractivity contribution < 1.29 is 9.53 Å². The highest BCUT2D eigenvalue weighted by Crippen LogP contribution is 2.44. The van der Waals surface area contributed by atoms with Gasteiger partial charge in [-0.1, -0.05) is 42.0 Å². The Morgan fingerprint density at radius 3 is 2.27 bits per heavy atom. The molecule has 45 heavy (non-hydrogen) atoms. The molecule has 0 aliphatic carbocycles. The monoisotopic (exact) mass is 615 g/mol. The predicted molar refractivity (Wildman–Crippen MR) is 184 cm³/mol. The van der Waals surface area contributed by atoms with Crippen LogP contribution in [0.25, 0.3) is 5.69 Å². The molecule has 3 heterocycles. The molecule has 0 unspecified atom stereocenters. The molecule has 1 amide bonds. The number of aromatic nitrogens is 2. The third-order valence-electron chi connectivity index (χ3n) is 8.29. The maximum atomic E-state index is 12.6. The standard InChI is InChI=1S/C37H37N5O2S/c1-23-19-24(2)35(25(3)20-23)41-26(4)21-31(27(41)5)36-34(32-13-9-10-18-38-32)40-37(45)42(36)29-16-14-28(15-17-29)39-33(43)22-44-30-11-7-6-8-12-30/h6-21,34,36H,22H2,1-5H3,(H,39,43)(H,40,45)/t34-,36+/m1/s1. The first-order valence-corrected chi connectivity index (χ1v) is 15.5. The second-order valence-electron chi connectivity index (χ2n) is 11.6. The highest BCUT2D eigenvalue weighted by molar-refractivity contribution is 7.80. The molecule has 1 saturated heterocycles. The Morgan fingerprint density at radius 1 is 0.911 bits per heavy atom. The Kier molecular flexibility index (Phi) is 8.41. The van der Waals surface area contributed by atoms with Crippen LogP contribution in [0.1, 0.15) is 51.4 Å². The number of aryl methyl sites for hydroxylation is 4. The van der Waals surface area contributed by atoms with E-state index in [-0.39, 0.29) is 24.6 Å². The van der Waals surface area contributed by atoms with Gasteiger partial charge in [0.15, 0.2) is 11.7 Å². The number of hydrogen-bond acceptors (Lipinski definition) is 4. The summed E-state index contributed by atoms with van der Waals surface area (Å²) < 4.78 is 7.96. The van der Waals surface area contributed by atoms with Gasteiger partial charge in [0.05, 0.1) is 23.5 Å². The van der Waals surface area contributed by atoms with E-state index in [1.807, 2.05) is 79.0 Å². The van der Waals surface area contributed by atoms with Crippen molar-refractivity contribution in [2.24, 2.45) is 0 Å². The van der Waals surface area contributed by atoms with E-state index >= 15 is 0 Å². The normalized spacial score (nSPS) is 16.0. The molecular formula is C37H37N5O2S. The third kappa shape index (κ3) is 6.06. The van der Waals surface area contributed by atoms with Gasteiger partial charge in [0.2, 0.25) is 0 Å². The van der Waals surface area contributed by atoms with Gasteiger partial charge in [0.25, 0.3) is 5.91 Å². The Morgan fingerprint density at radius 2 is 1.60 bits per heavy atom. The molecule has 2 aromatic heterocycles. The fraction of sp³-hybridized carbons (Fsp3) is 0.216. The summed E-state index contributed by atoms with van der Waals surface area (Å²) in [5.74, 6) is 0.422. The van der Waals surface area contributed by atoms with Gasteiger partial charge >= 0.3 is 0 Å². The topological polar surface area (TPSA) is 71.4 Å². The molecule has 0 saturated carbocycles. The van der Waals surface area contributed by atoms with Crippen LogP contribution in [-0.4, -0.2) is 27.2 Å². The number of para-hydroxylation sites is 1. The number of hydrogen-bond donors (Lipinski definition) is 2. The molecule has 2 atom stereocenters. The number of anilines is 2. The average molecular weight is 616 g/mol. The quantitative estimate of drug-likeness (QED) is 0.175. The second-order valence-corrected chi connectivity index (χ2v) is 12.0. The summed E-state index contributed by atoms with van der Waals surface area (Å²) in [6.07, 6.45) is 1.82. The van der Waals surface area contributed by atoms with Crippen molar-refractivity contribution in [1.82, 2.24) is 14.9 Å². The Hall–Kier alpha value is -4.95. The van der Waals surface area contributed by atoms with Crippen molar-refractivity contribution in [3.8, 4) is 11.4 Å². The number of amides is 1. The summed E-state index contributed by atoms with van der Waals surface area (Å²) in [4.78, 5) is 19.5. The summed E-state index contributed by atoms with van der Waals surface area (Å²) in [5.41, 5.74) is 11.0. The van der Waals surface area contributed by atoms with Gasteiger partial charge in [-0.3, -0.25) is 9.78 Å². The number of carbonyl (C=O) groups is 1. The molecule has 228 valence electrons. The Labute approximate surface area is 269 Å². The number of thiocarbonyl (C=S) groups is 1. The van der Waals surface area contributed by atoms with Crippen LogP contribution in [0.5, 0.6) is 5.75 Å². The number of carbonyl (C=O) groups excluding carboxylic acids is 1. The number of nitrogens with one attached hydrogen (secondary N) is 2. The molecule has 0 bridgehead atoms. The SMILES string of the molecule is Cc1cc(C)c(-n2c(C)cc([C@H]3[C@@H](c4ccccn4)NC(=S)N3c3ccc(NC(=O)COc4ccccc4)cc3)c2C)c(C)c1. The summed E-state index contributed by atoms with van der Waals surface area (Å²) in [5, 5.41) is 7.12. The van der Waals surface area contributed by atoms with E-state index in [1.54, 1.807) is 0 Å². The zero-order chi connectivity index (χ0) is 31.7. The molecule has 0 spiro atoms. The third-order valence-corrected chi connectivity index (χ3v) is 8.60. The van der Waals surface area contributed by atoms with E-state index in [4.69, 9.17) is 21.9 Å². The molecule has 6 rings (SSSR count). The van der Waals surface area contributed by atoms with Crippen molar-refractivity contribution in [2.75, 3.05) is 16.8 Å². The van der Waals surface area contributed by atoms with Gasteiger partial charge in [0, 0.05) is 29.0 Å². The van der Waals surface area contributed by atoms with Crippen LogP contribution in [0.3, 0.4) is 0 Å². The van der Waals surface area contributed by atoms with E-state index in [0.717, 1.165) is 22.8 Å². The van der Waals surface area contributed by atoms with E-state index < -0.39 is 0 Å². The molecule has 1 aliphatic heterocycles. The summed E-state index contributed by atoms with van der Waals surface area (Å²) >= 11 is 5.99. The minimum Gasteiger partial charge on any atom is -0.484 e. The highest BCUT2D eigenvalue weighted by atomic mass is 32.1. The van der Waals surface area contributed by atoms with Crippen LogP contribution in [0.15, 0.2) is 97.2 Å². The van der Waals surface area contributed by atoms with Crippen LogP contribution in [0.2, 0.25) is 0 Å². The van der Waals surface area contributed by atoms with Gasteiger partial charge in [-0.15, -0.1) is 0 Å². The van der Waals surface area contributed by atoms with Crippen molar-refractivity contribution in [1.29, 1.82) is 0 Å². The van der Waals surface area contributed by atoms with Crippen molar-refractivity contribution in [3.63, 3.8) is 0 Å². The number of pyridine rings is 1. The van der Waals surface area contributed by atoms with E-state index in [1.165, 1.54) is 27.9 Å². The lowest BCUT2D eigenvalue weighted by atomic mass is 9.96. The zero-order valence-corrected chi connectivity index (χ0v) is 27.0. The molecular weight excluding hydrogens is 579 g/mol. The van der Waals surface area contributed by atoms with Gasteiger partial charge in [-0.2, -0.15) is 0 Å². The predicted octanol–water partition coefficient (Wildman–Crippen LogP) is 7.61. The van der Waals surface area contributed by atoms with Gasteiger partial charge < -0.3 is 24.8 Å². The Bertz CT molecular complexity index is 1830. The first-order chi connectivity index (χ1) is 21.7. The van der Waals surface area contributed by atoms with Crippen molar-refractivity contribution in [3.05, 3.63) is 137 Å². The van der Waals surface area contributed by atoms with Crippen molar-refractivity contribution >= 4 is 34.6 Å². The average Bonchev–Trinajstić information content (AvgIpc) is 3.52. The first-order valence-electron chi connectivity index (χ1n) is 15.1. The lowest BCUT2D eigenvalue weighted by molar-refractivity contribution is -0.118. The smallest absolute Gasteiger partial charge is 0.262 e. The molecule has 3 aromatic carbocycles. The van der Waals surface area contributed by atoms with E-state index in [0.29, 0.717) is 16.5 Å². The second kappa shape index (κ2) is 12.6. The van der Waals surface area contributed by atoms with Crippen LogP contribution in [0, 0.1) is 34.6 Å². The molecule has 7 nitrogen and oxygen atoms in total. The lowest BCUT2D eigenvalue weighted by Crippen LogP contribution is -2.29. The van der Waals surface area contributed by atoms with Gasteiger partial charge in [-0.05, 0) is 118 Å². The van der Waals surface area contributed by atoms with E-state index in [2.05, 4.69) is 72.9 Å². The van der Waals surface area contributed by atoms with Crippen LogP contribution < -0.4 is 20.3 Å². The summed E-state index contributed by atoms with van der Waals surface area (Å²) in [6.45, 7) is 10.8. The van der Waals surface area contributed by atoms with Crippen LogP contribution >= 0.6 is 12.2 Å². The van der Waals surface area contributed by atoms with E-state index in [9.17, 15) is 4.79 Å². The number of ether oxygens (including phenoxy) is 1. The number of nitrogens with zero attached hydrogens (tertiary/aromatic N) is 3. The minimum absolute atomic E-state index is 0.0741. The van der Waals surface area contributed by atoms with Gasteiger partial charge in [-0.25, -0.2) is 0 Å². The zero-order valence-electron chi connectivity index (χ0n) is 26.2. The molecule has 1 aliphatic rings. The lowest BCUT2D eigenvalue weighted by Gasteiger charge is -2.28. The molecule has 8 heteroatoms. The Balaban J connectivity index is 1.33. The maximum absolute atomic E-state index is 12.6. The number of rotatable bonds is 8. The van der Waals surface area contributed by atoms with Gasteiger partial charge in [0.1, 0.15) is 5.75 Å². The first kappa shape index (κ1) is 30.1. The fourth-order valence-corrected chi connectivity index (χ4v) is 6.82. The van der Waals surface area contributed by atoms with Crippen molar-refractivity contribution in [2.45, 2.75) is 46.7 Å². The molecule has 0 radical (unpaired) electrons. The largest absolute Gasteiger partial charge is 0.484 e.